The van der Waals surface area contributed by atoms with Crippen molar-refractivity contribution in [1.29, 1.82) is 0 Å². The maximum absolute atomic E-state index is 12.8. The molecule has 5 heteroatoms. The summed E-state index contributed by atoms with van der Waals surface area (Å²) in [6.45, 7) is 7.67. The van der Waals surface area contributed by atoms with Gasteiger partial charge in [-0.25, -0.2) is 0 Å². The summed E-state index contributed by atoms with van der Waals surface area (Å²) in [7, 11) is 0. The lowest BCUT2D eigenvalue weighted by molar-refractivity contribution is -0.163. The van der Waals surface area contributed by atoms with Gasteiger partial charge in [0, 0.05) is 19.4 Å². The van der Waals surface area contributed by atoms with Crippen molar-refractivity contribution in [2.75, 3.05) is 19.8 Å². The van der Waals surface area contributed by atoms with Gasteiger partial charge in [-0.15, -0.1) is 0 Å². The van der Waals surface area contributed by atoms with Crippen molar-refractivity contribution in [2.45, 2.75) is 258 Å². The lowest BCUT2D eigenvalue weighted by Gasteiger charge is -2.18. The number of ether oxygens (including phenoxy) is 3. The zero-order chi connectivity index (χ0) is 43.5. The Morgan fingerprint density at radius 2 is 0.750 bits per heavy atom. The molecule has 0 aliphatic carbocycles. The Balaban J connectivity index is 4.31. The van der Waals surface area contributed by atoms with Crippen LogP contribution in [0.3, 0.4) is 0 Å². The van der Waals surface area contributed by atoms with Gasteiger partial charge in [0.15, 0.2) is 6.10 Å². The molecular weight excluding hydrogens is 741 g/mol. The molecule has 5 nitrogen and oxygen atoms in total. The minimum Gasteiger partial charge on any atom is -0.462 e. The second kappa shape index (κ2) is 51.0. The molecule has 0 saturated carbocycles. The van der Waals surface area contributed by atoms with Crippen LogP contribution in [0.1, 0.15) is 252 Å². The average Bonchev–Trinajstić information content (AvgIpc) is 3.25. The summed E-state index contributed by atoms with van der Waals surface area (Å²) in [5.74, 6) is -0.439. The first-order valence-corrected chi connectivity index (χ1v) is 25.8. The standard InChI is InChI=1S/C55H98O5/c1-4-7-10-13-16-19-22-25-27-29-32-35-38-41-44-47-50-58-51-53(60-55(57)49-46-43-40-37-34-30-24-21-18-15-12-9-6-3)52-59-54(56)48-45-42-39-36-33-31-28-26-23-20-17-14-11-8-5-2/h9,12,18,21,25-28,30,34,53H,4-8,10-11,13-17,19-20,22-24,29,31-33,35-52H2,1-3H3/b12-9-,21-18-,27-25-,28-26-,34-30-. The van der Waals surface area contributed by atoms with Gasteiger partial charge in [-0.3, -0.25) is 9.59 Å². The van der Waals surface area contributed by atoms with E-state index in [9.17, 15) is 9.59 Å². The monoisotopic (exact) mass is 839 g/mol. The lowest BCUT2D eigenvalue weighted by Crippen LogP contribution is -2.30. The van der Waals surface area contributed by atoms with Crippen molar-refractivity contribution >= 4 is 11.9 Å². The summed E-state index contributed by atoms with van der Waals surface area (Å²) in [5.41, 5.74) is 0. The van der Waals surface area contributed by atoms with Gasteiger partial charge >= 0.3 is 11.9 Å². The summed E-state index contributed by atoms with van der Waals surface area (Å²) < 4.78 is 17.4. The zero-order valence-electron chi connectivity index (χ0n) is 40.0. The molecule has 60 heavy (non-hydrogen) atoms. The molecule has 0 aromatic carbocycles. The van der Waals surface area contributed by atoms with Gasteiger partial charge in [0.05, 0.1) is 6.61 Å². The van der Waals surface area contributed by atoms with Gasteiger partial charge in [-0.2, -0.15) is 0 Å². The van der Waals surface area contributed by atoms with Crippen molar-refractivity contribution in [3.63, 3.8) is 0 Å². The minimum absolute atomic E-state index is 0.0667. The molecule has 0 amide bonds. The fraction of sp³-hybridized carbons (Fsp3) is 0.782. The maximum Gasteiger partial charge on any atom is 0.306 e. The molecule has 0 aromatic rings. The third-order valence-corrected chi connectivity index (χ3v) is 11.0. The van der Waals surface area contributed by atoms with E-state index in [0.717, 1.165) is 83.5 Å². The minimum atomic E-state index is -0.557. The molecule has 0 saturated heterocycles. The van der Waals surface area contributed by atoms with Crippen molar-refractivity contribution in [1.82, 2.24) is 0 Å². The molecule has 0 bridgehead atoms. The van der Waals surface area contributed by atoms with E-state index < -0.39 is 6.10 Å². The Morgan fingerprint density at radius 1 is 0.383 bits per heavy atom. The summed E-state index contributed by atoms with van der Waals surface area (Å²) >= 11 is 0. The molecule has 1 unspecified atom stereocenters. The highest BCUT2D eigenvalue weighted by atomic mass is 16.6. The molecule has 0 aromatic heterocycles. The van der Waals surface area contributed by atoms with Gasteiger partial charge in [-0.1, -0.05) is 197 Å². The van der Waals surface area contributed by atoms with Gasteiger partial charge in [0.1, 0.15) is 6.61 Å². The zero-order valence-corrected chi connectivity index (χ0v) is 40.0. The van der Waals surface area contributed by atoms with Crippen LogP contribution in [0, 0.1) is 0 Å². The number of hydrogen-bond donors (Lipinski definition) is 0. The SMILES string of the molecule is CC/C=C\C/C=C\C/C=C\CCCCCC(=O)OC(COCCCCCCCC/C=C\CCCCCCCC)COC(=O)CCCCCCC/C=C\CCCCCCCC. The predicted molar refractivity (Wildman–Crippen MR) is 261 cm³/mol. The molecule has 0 rings (SSSR count). The third-order valence-electron chi connectivity index (χ3n) is 11.0. The molecule has 0 radical (unpaired) electrons. The van der Waals surface area contributed by atoms with Crippen molar-refractivity contribution in [2.24, 2.45) is 0 Å². The Kier molecular flexibility index (Phi) is 48.9. The smallest absolute Gasteiger partial charge is 0.306 e. The number of carbonyl (C=O) groups excluding carboxylic acids is 2. The topological polar surface area (TPSA) is 61.8 Å². The fourth-order valence-electron chi connectivity index (χ4n) is 7.16. The van der Waals surface area contributed by atoms with E-state index >= 15 is 0 Å². The summed E-state index contributed by atoms with van der Waals surface area (Å²) in [6.07, 6.45) is 63.7. The molecule has 348 valence electrons. The second-order valence-electron chi connectivity index (χ2n) is 17.0. The van der Waals surface area contributed by atoms with Crippen LogP contribution in [0.4, 0.5) is 0 Å². The second-order valence-corrected chi connectivity index (χ2v) is 17.0. The first-order chi connectivity index (χ1) is 29.6. The quantitative estimate of drug-likeness (QED) is 0.0347. The van der Waals surface area contributed by atoms with E-state index in [-0.39, 0.29) is 25.2 Å². The van der Waals surface area contributed by atoms with E-state index in [1.165, 1.54) is 135 Å². The normalized spacial score (nSPS) is 12.7. The van der Waals surface area contributed by atoms with Crippen molar-refractivity contribution in [3.05, 3.63) is 60.8 Å². The van der Waals surface area contributed by atoms with Gasteiger partial charge in [0.25, 0.3) is 0 Å². The molecule has 0 spiro atoms. The number of carbonyl (C=O) groups is 2. The van der Waals surface area contributed by atoms with E-state index in [4.69, 9.17) is 14.2 Å². The summed E-state index contributed by atoms with van der Waals surface area (Å²) in [4.78, 5) is 25.4. The molecule has 0 N–H and O–H groups in total. The van der Waals surface area contributed by atoms with Gasteiger partial charge in [-0.05, 0) is 103 Å². The number of esters is 2. The van der Waals surface area contributed by atoms with Crippen LogP contribution in [0.5, 0.6) is 0 Å². The van der Waals surface area contributed by atoms with Crippen molar-refractivity contribution < 1.29 is 23.8 Å². The molecule has 1 atom stereocenters. The van der Waals surface area contributed by atoms with Gasteiger partial charge in [0.2, 0.25) is 0 Å². The number of allylic oxidation sites excluding steroid dienone is 10. The lowest BCUT2D eigenvalue weighted by atomic mass is 10.1. The molecule has 0 aliphatic rings. The maximum atomic E-state index is 12.8. The highest BCUT2D eigenvalue weighted by molar-refractivity contribution is 5.70. The molecule has 0 fully saturated rings. The third kappa shape index (κ3) is 48.3. The molecule has 0 aliphatic heterocycles. The van der Waals surface area contributed by atoms with Crippen LogP contribution in [-0.2, 0) is 23.8 Å². The summed E-state index contributed by atoms with van der Waals surface area (Å²) in [6, 6.07) is 0. The number of rotatable bonds is 47. The van der Waals surface area contributed by atoms with E-state index in [1.54, 1.807) is 0 Å². The molecular formula is C55H98O5. The van der Waals surface area contributed by atoms with E-state index in [0.29, 0.717) is 19.4 Å². The Morgan fingerprint density at radius 3 is 1.23 bits per heavy atom. The fourth-order valence-corrected chi connectivity index (χ4v) is 7.16. The first-order valence-electron chi connectivity index (χ1n) is 25.8. The Bertz CT molecular complexity index is 1040. The summed E-state index contributed by atoms with van der Waals surface area (Å²) in [5, 5.41) is 0. The highest BCUT2D eigenvalue weighted by Crippen LogP contribution is 2.13. The van der Waals surface area contributed by atoms with Crippen LogP contribution in [0.15, 0.2) is 60.8 Å². The van der Waals surface area contributed by atoms with Crippen LogP contribution >= 0.6 is 0 Å². The molecule has 0 heterocycles. The average molecular weight is 839 g/mol. The van der Waals surface area contributed by atoms with Gasteiger partial charge < -0.3 is 14.2 Å². The van der Waals surface area contributed by atoms with Crippen LogP contribution in [-0.4, -0.2) is 37.9 Å². The first kappa shape index (κ1) is 57.6. The largest absolute Gasteiger partial charge is 0.462 e. The Labute approximate surface area is 373 Å². The predicted octanol–water partition coefficient (Wildman–Crippen LogP) is 17.3. The van der Waals surface area contributed by atoms with E-state index in [1.807, 2.05) is 0 Å². The van der Waals surface area contributed by atoms with Crippen molar-refractivity contribution in [3.8, 4) is 0 Å². The number of unbranched alkanes of at least 4 members (excludes halogenated alkanes) is 26. The van der Waals surface area contributed by atoms with Crippen LogP contribution < -0.4 is 0 Å². The van der Waals surface area contributed by atoms with E-state index in [2.05, 4.69) is 81.5 Å². The van der Waals surface area contributed by atoms with Crippen LogP contribution in [0.2, 0.25) is 0 Å². The van der Waals surface area contributed by atoms with Crippen LogP contribution in [0.25, 0.3) is 0 Å². The highest BCUT2D eigenvalue weighted by Gasteiger charge is 2.17. The Hall–Kier alpha value is -2.40. The number of hydrogen-bond acceptors (Lipinski definition) is 5.